The summed E-state index contributed by atoms with van der Waals surface area (Å²) in [6.45, 7) is 6.74. The van der Waals surface area contributed by atoms with E-state index in [1.807, 2.05) is 11.8 Å². The van der Waals surface area contributed by atoms with Crippen LogP contribution in [0.5, 0.6) is 0 Å². The number of hydrogen-bond donors (Lipinski definition) is 1. The largest absolute Gasteiger partial charge is 0.391 e. The molecule has 0 aliphatic carbocycles. The molecule has 0 spiro atoms. The summed E-state index contributed by atoms with van der Waals surface area (Å²) >= 11 is 3.70. The molecule has 0 amide bonds. The van der Waals surface area contributed by atoms with E-state index in [1.54, 1.807) is 17.5 Å². The van der Waals surface area contributed by atoms with Crippen LogP contribution in [-0.4, -0.2) is 12.3 Å². The third-order valence-electron chi connectivity index (χ3n) is 1.46. The molecule has 12 heavy (non-hydrogen) atoms. The SMILES string of the molecule is C=CNCCSc1ccsc1C. The molecule has 0 aliphatic rings. The molecule has 0 radical (unpaired) electrons. The lowest BCUT2D eigenvalue weighted by Crippen LogP contribution is -2.08. The topological polar surface area (TPSA) is 12.0 Å². The summed E-state index contributed by atoms with van der Waals surface area (Å²) in [6.07, 6.45) is 1.74. The van der Waals surface area contributed by atoms with Crippen LogP contribution in [0.1, 0.15) is 4.88 Å². The molecular weight excluding hydrogens is 186 g/mol. The normalized spacial score (nSPS) is 9.75. The van der Waals surface area contributed by atoms with Gasteiger partial charge >= 0.3 is 0 Å². The van der Waals surface area contributed by atoms with Crippen molar-refractivity contribution in [2.24, 2.45) is 0 Å². The van der Waals surface area contributed by atoms with E-state index in [2.05, 4.69) is 30.3 Å². The van der Waals surface area contributed by atoms with Crippen LogP contribution in [0.4, 0.5) is 0 Å². The Morgan fingerprint density at radius 3 is 3.17 bits per heavy atom. The van der Waals surface area contributed by atoms with E-state index >= 15 is 0 Å². The van der Waals surface area contributed by atoms with Gasteiger partial charge < -0.3 is 5.32 Å². The van der Waals surface area contributed by atoms with E-state index in [1.165, 1.54) is 9.77 Å². The van der Waals surface area contributed by atoms with Crippen molar-refractivity contribution < 1.29 is 0 Å². The highest BCUT2D eigenvalue weighted by atomic mass is 32.2. The third kappa shape index (κ3) is 2.91. The maximum atomic E-state index is 3.59. The van der Waals surface area contributed by atoms with Gasteiger partial charge in [-0.1, -0.05) is 6.58 Å². The average Bonchev–Trinajstić information content (AvgIpc) is 2.46. The molecule has 0 bridgehead atoms. The quantitative estimate of drug-likeness (QED) is 0.578. The van der Waals surface area contributed by atoms with Crippen LogP contribution in [0.3, 0.4) is 0 Å². The number of thioether (sulfide) groups is 1. The third-order valence-corrected chi connectivity index (χ3v) is 3.60. The van der Waals surface area contributed by atoms with Gasteiger partial charge in [0.2, 0.25) is 0 Å². The maximum absolute atomic E-state index is 3.59. The van der Waals surface area contributed by atoms with Gasteiger partial charge in [-0.15, -0.1) is 23.1 Å². The van der Waals surface area contributed by atoms with Crippen LogP contribution >= 0.6 is 23.1 Å². The van der Waals surface area contributed by atoms with Crippen molar-refractivity contribution in [2.75, 3.05) is 12.3 Å². The lowest BCUT2D eigenvalue weighted by molar-refractivity contribution is 0.932. The highest BCUT2D eigenvalue weighted by Gasteiger charge is 1.98. The van der Waals surface area contributed by atoms with Gasteiger partial charge in [0.05, 0.1) is 0 Å². The molecule has 0 aliphatic heterocycles. The van der Waals surface area contributed by atoms with Crippen LogP contribution in [0.25, 0.3) is 0 Å². The summed E-state index contributed by atoms with van der Waals surface area (Å²) in [5.74, 6) is 1.10. The Balaban J connectivity index is 2.24. The zero-order valence-corrected chi connectivity index (χ0v) is 8.80. The number of thiophene rings is 1. The molecule has 1 N–H and O–H groups in total. The molecule has 66 valence electrons. The Bertz CT molecular complexity index is 242. The first-order valence-electron chi connectivity index (χ1n) is 3.86. The second kappa shape index (κ2) is 5.27. The Labute approximate surface area is 81.9 Å². The van der Waals surface area contributed by atoms with E-state index in [4.69, 9.17) is 0 Å². The zero-order valence-electron chi connectivity index (χ0n) is 7.17. The molecule has 1 heterocycles. The summed E-state index contributed by atoms with van der Waals surface area (Å²) in [5, 5.41) is 5.21. The van der Waals surface area contributed by atoms with Crippen molar-refractivity contribution in [3.05, 3.63) is 29.1 Å². The molecule has 0 atom stereocenters. The summed E-state index contributed by atoms with van der Waals surface area (Å²) in [4.78, 5) is 2.82. The smallest absolute Gasteiger partial charge is 0.0235 e. The molecule has 1 aromatic heterocycles. The monoisotopic (exact) mass is 199 g/mol. The molecule has 3 heteroatoms. The van der Waals surface area contributed by atoms with Gasteiger partial charge in [0.1, 0.15) is 0 Å². The first kappa shape index (κ1) is 9.68. The lowest BCUT2D eigenvalue weighted by Gasteiger charge is -1.99. The van der Waals surface area contributed by atoms with E-state index in [0.717, 1.165) is 12.3 Å². The highest BCUT2D eigenvalue weighted by Crippen LogP contribution is 2.25. The minimum atomic E-state index is 0.990. The Morgan fingerprint density at radius 1 is 1.75 bits per heavy atom. The van der Waals surface area contributed by atoms with E-state index in [0.29, 0.717) is 0 Å². The Kier molecular flexibility index (Phi) is 4.25. The van der Waals surface area contributed by atoms with Crippen LogP contribution in [0, 0.1) is 6.92 Å². The summed E-state index contributed by atoms with van der Waals surface area (Å²) in [7, 11) is 0. The number of nitrogens with one attached hydrogen (secondary N) is 1. The predicted octanol–water partition coefficient (Wildman–Crippen LogP) is 2.88. The number of aryl methyl sites for hydroxylation is 1. The van der Waals surface area contributed by atoms with E-state index in [9.17, 15) is 0 Å². The Hall–Kier alpha value is -0.410. The fourth-order valence-corrected chi connectivity index (χ4v) is 2.65. The summed E-state index contributed by atoms with van der Waals surface area (Å²) in [5.41, 5.74) is 0. The van der Waals surface area contributed by atoms with Gasteiger partial charge in [0.15, 0.2) is 0 Å². The van der Waals surface area contributed by atoms with Crippen molar-refractivity contribution in [1.29, 1.82) is 0 Å². The van der Waals surface area contributed by atoms with E-state index in [-0.39, 0.29) is 0 Å². The average molecular weight is 199 g/mol. The van der Waals surface area contributed by atoms with Gasteiger partial charge in [-0.25, -0.2) is 0 Å². The van der Waals surface area contributed by atoms with Crippen molar-refractivity contribution >= 4 is 23.1 Å². The summed E-state index contributed by atoms with van der Waals surface area (Å²) < 4.78 is 0. The lowest BCUT2D eigenvalue weighted by atomic mass is 10.5. The molecular formula is C9H13NS2. The molecule has 0 saturated carbocycles. The number of hydrogen-bond acceptors (Lipinski definition) is 3. The highest BCUT2D eigenvalue weighted by molar-refractivity contribution is 7.99. The van der Waals surface area contributed by atoms with E-state index < -0.39 is 0 Å². The van der Waals surface area contributed by atoms with Crippen LogP contribution in [-0.2, 0) is 0 Å². The summed E-state index contributed by atoms with van der Waals surface area (Å²) in [6, 6.07) is 2.18. The van der Waals surface area contributed by atoms with Crippen LogP contribution in [0.15, 0.2) is 29.1 Å². The number of rotatable bonds is 5. The fourth-order valence-electron chi connectivity index (χ4n) is 0.845. The molecule has 0 fully saturated rings. The van der Waals surface area contributed by atoms with Gasteiger partial charge in [-0.3, -0.25) is 0 Å². The minimum absolute atomic E-state index is 0.990. The molecule has 0 saturated heterocycles. The van der Waals surface area contributed by atoms with Crippen LogP contribution in [0.2, 0.25) is 0 Å². The van der Waals surface area contributed by atoms with Crippen molar-refractivity contribution in [1.82, 2.24) is 5.32 Å². The van der Waals surface area contributed by atoms with Crippen molar-refractivity contribution in [3.63, 3.8) is 0 Å². The second-order valence-corrected chi connectivity index (χ2v) is 4.60. The standard InChI is InChI=1S/C9H13NS2/c1-3-10-5-7-12-9-4-6-11-8(9)2/h3-4,6,10H,1,5,7H2,2H3. The first-order valence-corrected chi connectivity index (χ1v) is 5.72. The molecule has 1 rings (SSSR count). The van der Waals surface area contributed by atoms with Gasteiger partial charge in [0.25, 0.3) is 0 Å². The Morgan fingerprint density at radius 2 is 2.58 bits per heavy atom. The predicted molar refractivity (Wildman–Crippen MR) is 58.0 cm³/mol. The first-order chi connectivity index (χ1) is 5.84. The van der Waals surface area contributed by atoms with Crippen molar-refractivity contribution in [3.8, 4) is 0 Å². The maximum Gasteiger partial charge on any atom is 0.0235 e. The second-order valence-electron chi connectivity index (χ2n) is 2.35. The van der Waals surface area contributed by atoms with Gasteiger partial charge in [-0.05, 0) is 24.6 Å². The molecule has 0 aromatic carbocycles. The minimum Gasteiger partial charge on any atom is -0.391 e. The molecule has 1 aromatic rings. The van der Waals surface area contributed by atoms with Crippen molar-refractivity contribution in [2.45, 2.75) is 11.8 Å². The fraction of sp³-hybridized carbons (Fsp3) is 0.333. The molecule has 0 unspecified atom stereocenters. The van der Waals surface area contributed by atoms with Gasteiger partial charge in [-0.2, -0.15) is 0 Å². The van der Waals surface area contributed by atoms with Gasteiger partial charge in [0, 0.05) is 22.1 Å². The zero-order chi connectivity index (χ0) is 8.81. The molecule has 1 nitrogen and oxygen atoms in total. The van der Waals surface area contributed by atoms with Crippen LogP contribution < -0.4 is 5.32 Å².